The fraction of sp³-hybridized carbons (Fsp3) is 0.276. The first-order valence-corrected chi connectivity index (χ1v) is 12.4. The first-order valence-electron chi connectivity index (χ1n) is 12.4. The molecule has 4 aromatic rings. The van der Waals surface area contributed by atoms with E-state index < -0.39 is 12.2 Å². The minimum absolute atomic E-state index is 0.200. The Morgan fingerprint density at radius 2 is 1.67 bits per heavy atom. The Kier molecular flexibility index (Phi) is 7.61. The van der Waals surface area contributed by atoms with Crippen molar-refractivity contribution in [3.63, 3.8) is 0 Å². The number of aryl methyl sites for hydroxylation is 1. The van der Waals surface area contributed by atoms with Crippen LogP contribution >= 0.6 is 0 Å². The number of para-hydroxylation sites is 1. The molecule has 0 aliphatic carbocycles. The van der Waals surface area contributed by atoms with Crippen LogP contribution in [0.25, 0.3) is 33.4 Å². The van der Waals surface area contributed by atoms with Crippen LogP contribution in [0.1, 0.15) is 41.7 Å². The highest BCUT2D eigenvalue weighted by atomic mass is 16.8. The van der Waals surface area contributed by atoms with Crippen molar-refractivity contribution in [2.75, 3.05) is 13.2 Å². The number of carbonyl (C=O) groups is 1. The molecule has 1 saturated heterocycles. The topological polar surface area (TPSA) is 93.6 Å². The maximum Gasteiger partial charge on any atom is 0.294 e. The Bertz CT molecular complexity index is 1320. The van der Waals surface area contributed by atoms with E-state index in [2.05, 4.69) is 34.7 Å². The Hall–Kier alpha value is -3.65. The van der Waals surface area contributed by atoms with Crippen LogP contribution in [0.5, 0.6) is 0 Å². The second-order valence-corrected chi connectivity index (χ2v) is 8.86. The molecule has 1 unspecified atom stereocenters. The number of aliphatic hydroxyl groups excluding tert-OH is 1. The number of aliphatic hydroxyl groups is 1. The number of nitrogens with one attached hydrogen (secondary N) is 1. The minimum Gasteiger partial charge on any atom is -0.396 e. The van der Waals surface area contributed by atoms with E-state index in [1.165, 1.54) is 5.56 Å². The number of fused-ring (bicyclic) bond motifs is 1. The maximum absolute atomic E-state index is 13.0. The van der Waals surface area contributed by atoms with Gasteiger partial charge in [-0.05, 0) is 48.4 Å². The molecule has 1 fully saturated rings. The van der Waals surface area contributed by atoms with Crippen molar-refractivity contribution in [1.82, 2.24) is 15.4 Å². The molecule has 1 aliphatic heterocycles. The van der Waals surface area contributed by atoms with Crippen LogP contribution in [0, 0.1) is 0 Å². The molecule has 2 N–H and O–H groups in total. The van der Waals surface area contributed by atoms with Crippen LogP contribution in [0.2, 0.25) is 0 Å². The smallest absolute Gasteiger partial charge is 0.294 e. The highest BCUT2D eigenvalue weighted by Gasteiger charge is 2.20. The van der Waals surface area contributed by atoms with Gasteiger partial charge in [0.1, 0.15) is 5.69 Å². The third-order valence-electron chi connectivity index (χ3n) is 6.29. The van der Waals surface area contributed by atoms with E-state index in [-0.39, 0.29) is 12.3 Å². The predicted octanol–water partition coefficient (Wildman–Crippen LogP) is 5.08. The number of hydroxylamine groups is 1. The molecule has 0 spiro atoms. The average molecular weight is 484 g/mol. The predicted molar refractivity (Wildman–Crippen MR) is 138 cm³/mol. The molecule has 2 heterocycles. The van der Waals surface area contributed by atoms with E-state index in [1.54, 1.807) is 0 Å². The Balaban J connectivity index is 1.38. The molecule has 0 saturated carbocycles. The molecular formula is C29H29N3O4. The Morgan fingerprint density at radius 1 is 0.944 bits per heavy atom. The van der Waals surface area contributed by atoms with Gasteiger partial charge in [-0.2, -0.15) is 0 Å². The van der Waals surface area contributed by atoms with Crippen LogP contribution < -0.4 is 5.48 Å². The molecule has 7 heteroatoms. The summed E-state index contributed by atoms with van der Waals surface area (Å²) in [6.07, 6.45) is 3.94. The standard InChI is InChI=1S/C29H29N3O4/c33-18-5-6-20-10-12-21(13-11-20)22-14-16-23(17-15-22)28-30-25-8-2-1-7-24(25)27(31-28)29(34)32-36-26-9-3-4-19-35-26/h1-2,7-8,10-17,26,33H,3-6,9,18-19H2,(H,32,34). The van der Waals surface area contributed by atoms with Crippen LogP contribution in [0.15, 0.2) is 72.8 Å². The normalized spacial score (nSPS) is 15.6. The van der Waals surface area contributed by atoms with Gasteiger partial charge in [-0.3, -0.25) is 4.79 Å². The number of amides is 1. The summed E-state index contributed by atoms with van der Waals surface area (Å²) in [5.74, 6) is 0.0422. The lowest BCUT2D eigenvalue weighted by Gasteiger charge is -2.22. The highest BCUT2D eigenvalue weighted by Crippen LogP contribution is 2.26. The number of rotatable bonds is 8. The molecule has 3 aromatic carbocycles. The monoisotopic (exact) mass is 483 g/mol. The summed E-state index contributed by atoms with van der Waals surface area (Å²) in [5.41, 5.74) is 7.67. The van der Waals surface area contributed by atoms with Crippen molar-refractivity contribution in [2.45, 2.75) is 38.4 Å². The second kappa shape index (κ2) is 11.4. The summed E-state index contributed by atoms with van der Waals surface area (Å²) in [4.78, 5) is 27.8. The van der Waals surface area contributed by atoms with Gasteiger partial charge in [0.2, 0.25) is 0 Å². The Labute approximate surface area is 210 Å². The Morgan fingerprint density at radius 3 is 2.39 bits per heavy atom. The SMILES string of the molecule is O=C(NOC1CCCCO1)c1nc(-c2ccc(-c3ccc(CCCO)cc3)cc2)nc2ccccc12. The number of benzene rings is 3. The molecule has 5 rings (SSSR count). The van der Waals surface area contributed by atoms with Crippen LogP contribution in [-0.2, 0) is 16.0 Å². The van der Waals surface area contributed by atoms with Gasteiger partial charge in [0, 0.05) is 30.6 Å². The summed E-state index contributed by atoms with van der Waals surface area (Å²) in [5, 5.41) is 9.68. The molecule has 0 bridgehead atoms. The number of aromatic nitrogens is 2. The van der Waals surface area contributed by atoms with Crippen molar-refractivity contribution >= 4 is 16.8 Å². The quantitative estimate of drug-likeness (QED) is 0.340. The highest BCUT2D eigenvalue weighted by molar-refractivity contribution is 6.04. The molecule has 0 radical (unpaired) electrons. The summed E-state index contributed by atoms with van der Waals surface area (Å²) >= 11 is 0. The van der Waals surface area contributed by atoms with Crippen molar-refractivity contribution in [2.24, 2.45) is 0 Å². The third-order valence-corrected chi connectivity index (χ3v) is 6.29. The fourth-order valence-corrected chi connectivity index (χ4v) is 4.31. The summed E-state index contributed by atoms with van der Waals surface area (Å²) < 4.78 is 5.54. The second-order valence-electron chi connectivity index (χ2n) is 8.86. The summed E-state index contributed by atoms with van der Waals surface area (Å²) in [6.45, 7) is 0.830. The number of ether oxygens (including phenoxy) is 1. The van der Waals surface area contributed by atoms with Crippen LogP contribution in [-0.4, -0.2) is 40.5 Å². The maximum atomic E-state index is 13.0. The zero-order valence-corrected chi connectivity index (χ0v) is 20.0. The molecular weight excluding hydrogens is 454 g/mol. The van der Waals surface area contributed by atoms with Gasteiger partial charge in [-0.15, -0.1) is 0 Å². The first-order chi connectivity index (χ1) is 17.7. The van der Waals surface area contributed by atoms with E-state index in [1.807, 2.05) is 48.5 Å². The molecule has 36 heavy (non-hydrogen) atoms. The minimum atomic E-state index is -0.438. The van der Waals surface area contributed by atoms with Gasteiger partial charge in [-0.25, -0.2) is 20.3 Å². The van der Waals surface area contributed by atoms with Crippen LogP contribution in [0.4, 0.5) is 0 Å². The van der Waals surface area contributed by atoms with Crippen LogP contribution in [0.3, 0.4) is 0 Å². The van der Waals surface area contributed by atoms with Gasteiger partial charge in [-0.1, -0.05) is 66.7 Å². The lowest BCUT2D eigenvalue weighted by molar-refractivity contribution is -0.186. The van der Waals surface area contributed by atoms with Crippen molar-refractivity contribution in [3.05, 3.63) is 84.1 Å². The number of hydrogen-bond donors (Lipinski definition) is 2. The number of hydrogen-bond acceptors (Lipinski definition) is 6. The lowest BCUT2D eigenvalue weighted by atomic mass is 10.0. The summed E-state index contributed by atoms with van der Waals surface area (Å²) in [7, 11) is 0. The molecule has 1 atom stereocenters. The lowest BCUT2D eigenvalue weighted by Crippen LogP contribution is -2.33. The van der Waals surface area contributed by atoms with Gasteiger partial charge >= 0.3 is 0 Å². The third kappa shape index (κ3) is 5.60. The van der Waals surface area contributed by atoms with Crippen molar-refractivity contribution in [1.29, 1.82) is 0 Å². The van der Waals surface area contributed by atoms with E-state index in [9.17, 15) is 4.79 Å². The largest absolute Gasteiger partial charge is 0.396 e. The van der Waals surface area contributed by atoms with Crippen molar-refractivity contribution < 1.29 is 19.5 Å². The molecule has 184 valence electrons. The zero-order valence-electron chi connectivity index (χ0n) is 20.0. The summed E-state index contributed by atoms with van der Waals surface area (Å²) in [6, 6.07) is 23.8. The van der Waals surface area contributed by atoms with E-state index in [0.717, 1.165) is 48.8 Å². The van der Waals surface area contributed by atoms with Crippen molar-refractivity contribution in [3.8, 4) is 22.5 Å². The average Bonchev–Trinajstić information content (AvgIpc) is 2.95. The number of nitrogens with zero attached hydrogens (tertiary/aromatic N) is 2. The van der Waals surface area contributed by atoms with Gasteiger partial charge in [0.25, 0.3) is 5.91 Å². The van der Waals surface area contributed by atoms with Gasteiger partial charge in [0.15, 0.2) is 12.1 Å². The molecule has 7 nitrogen and oxygen atoms in total. The zero-order chi connectivity index (χ0) is 24.7. The first kappa shape index (κ1) is 24.1. The van der Waals surface area contributed by atoms with E-state index in [4.69, 9.17) is 19.7 Å². The number of carbonyl (C=O) groups excluding carboxylic acids is 1. The fourth-order valence-electron chi connectivity index (χ4n) is 4.31. The van der Waals surface area contributed by atoms with E-state index in [0.29, 0.717) is 23.3 Å². The van der Waals surface area contributed by atoms with Gasteiger partial charge in [0.05, 0.1) is 5.52 Å². The van der Waals surface area contributed by atoms with Gasteiger partial charge < -0.3 is 9.84 Å². The molecule has 1 aromatic heterocycles. The van der Waals surface area contributed by atoms with E-state index >= 15 is 0 Å². The molecule has 1 aliphatic rings. The molecule has 1 amide bonds.